The van der Waals surface area contributed by atoms with Crippen LogP contribution in [0.3, 0.4) is 0 Å². The van der Waals surface area contributed by atoms with Crippen molar-refractivity contribution >= 4 is 45.8 Å². The topological polar surface area (TPSA) is 130 Å². The summed E-state index contributed by atoms with van der Waals surface area (Å²) < 4.78 is 74.9. The SMILES string of the molecule is CC(C)(C)OC(=O)Nc1sc(-c2c(F)cccc2F)nc1C(=O)Nc1cnn(C2CC2)c1N1CCC[C@@H](NC(=O)C(F)(F)F)CC1. The minimum Gasteiger partial charge on any atom is -0.444 e. The maximum absolute atomic E-state index is 14.7. The van der Waals surface area contributed by atoms with Crippen LogP contribution in [0, 0.1) is 11.6 Å². The Kier molecular flexibility index (Phi) is 9.24. The molecule has 5 rings (SSSR count). The molecule has 1 aliphatic heterocycles. The molecule has 46 heavy (non-hydrogen) atoms. The minimum atomic E-state index is -4.99. The molecule has 3 N–H and O–H groups in total. The number of ether oxygens (including phenoxy) is 1. The van der Waals surface area contributed by atoms with E-state index in [1.54, 1.807) is 25.5 Å². The first-order chi connectivity index (χ1) is 21.6. The zero-order valence-electron chi connectivity index (χ0n) is 25.1. The summed E-state index contributed by atoms with van der Waals surface area (Å²) in [5.41, 5.74) is -1.42. The van der Waals surface area contributed by atoms with Crippen molar-refractivity contribution in [3.8, 4) is 10.6 Å². The number of aromatic nitrogens is 3. The van der Waals surface area contributed by atoms with E-state index in [1.807, 2.05) is 4.90 Å². The molecule has 0 spiro atoms. The number of carbonyl (C=O) groups excluding carboxylic acids is 3. The third-order valence-corrected chi connectivity index (χ3v) is 8.15. The van der Waals surface area contributed by atoms with Gasteiger partial charge >= 0.3 is 18.2 Å². The zero-order valence-corrected chi connectivity index (χ0v) is 26.0. The van der Waals surface area contributed by atoms with E-state index >= 15 is 0 Å². The van der Waals surface area contributed by atoms with Gasteiger partial charge in [-0.25, -0.2) is 23.2 Å². The lowest BCUT2D eigenvalue weighted by Crippen LogP contribution is -2.43. The summed E-state index contributed by atoms with van der Waals surface area (Å²) in [7, 11) is 0. The fraction of sp³-hybridized carbons (Fsp3) is 0.483. The highest BCUT2D eigenvalue weighted by Crippen LogP contribution is 2.42. The zero-order chi connectivity index (χ0) is 33.4. The standard InChI is InChI=1S/C29H32F5N7O4S/c1-28(2,3)45-27(44)39-24-21(38-23(46-24)20-17(30)7-4-8-18(20)31)22(42)37-19-14-35-41(16-9-10-16)25(19)40-12-5-6-15(11-13-40)36-26(43)29(32,33)34/h4,7-8,14-16H,5-6,9-13H2,1-3H3,(H,36,43)(H,37,42)(H,39,44)/t15-/m1/s1. The molecule has 3 heterocycles. The number of halogens is 5. The van der Waals surface area contributed by atoms with Crippen LogP contribution in [0.4, 0.5) is 43.3 Å². The van der Waals surface area contributed by atoms with Crippen molar-refractivity contribution in [3.63, 3.8) is 0 Å². The number of anilines is 3. The number of thiazole rings is 1. The molecule has 1 aliphatic carbocycles. The lowest BCUT2D eigenvalue weighted by molar-refractivity contribution is -0.174. The molecule has 1 aromatic carbocycles. The second-order valence-electron chi connectivity index (χ2n) is 12.0. The van der Waals surface area contributed by atoms with Crippen LogP contribution in [0.5, 0.6) is 0 Å². The van der Waals surface area contributed by atoms with Crippen LogP contribution in [0.2, 0.25) is 0 Å². The number of carbonyl (C=O) groups is 3. The third kappa shape index (κ3) is 7.74. The predicted molar refractivity (Wildman–Crippen MR) is 160 cm³/mol. The molecule has 17 heteroatoms. The molecule has 1 saturated carbocycles. The van der Waals surface area contributed by atoms with Crippen LogP contribution in [-0.2, 0) is 9.53 Å². The quantitative estimate of drug-likeness (QED) is 0.254. The Balaban J connectivity index is 1.42. The summed E-state index contributed by atoms with van der Waals surface area (Å²) in [6, 6.07) is 2.63. The van der Waals surface area contributed by atoms with Crippen molar-refractivity contribution in [2.45, 2.75) is 76.7 Å². The van der Waals surface area contributed by atoms with E-state index in [1.165, 1.54) is 12.3 Å². The third-order valence-electron chi connectivity index (χ3n) is 7.16. The van der Waals surface area contributed by atoms with Gasteiger partial charge in [0.1, 0.15) is 32.9 Å². The molecule has 2 aliphatic rings. The fourth-order valence-corrected chi connectivity index (χ4v) is 6.01. The smallest absolute Gasteiger partial charge is 0.444 e. The van der Waals surface area contributed by atoms with Crippen LogP contribution in [0.25, 0.3) is 10.6 Å². The van der Waals surface area contributed by atoms with E-state index in [0.29, 0.717) is 36.5 Å². The molecule has 1 atom stereocenters. The molecule has 3 amide bonds. The minimum absolute atomic E-state index is 0.0592. The predicted octanol–water partition coefficient (Wildman–Crippen LogP) is 6.26. The van der Waals surface area contributed by atoms with Crippen LogP contribution in [0.15, 0.2) is 24.4 Å². The van der Waals surface area contributed by atoms with Crippen molar-refractivity contribution < 1.29 is 41.1 Å². The Morgan fingerprint density at radius 2 is 1.70 bits per heavy atom. The highest BCUT2D eigenvalue weighted by atomic mass is 32.1. The first-order valence-corrected chi connectivity index (χ1v) is 15.4. The second kappa shape index (κ2) is 12.8. The number of hydrogen-bond donors (Lipinski definition) is 3. The summed E-state index contributed by atoms with van der Waals surface area (Å²) in [5, 5.41) is 11.4. The summed E-state index contributed by atoms with van der Waals surface area (Å²) >= 11 is 0.686. The molecule has 0 unspecified atom stereocenters. The molecule has 2 fully saturated rings. The maximum atomic E-state index is 14.7. The van der Waals surface area contributed by atoms with E-state index in [-0.39, 0.29) is 40.4 Å². The Bertz CT molecular complexity index is 1610. The number of alkyl halides is 3. The summed E-state index contributed by atoms with van der Waals surface area (Å²) in [5.74, 6) is -4.11. The number of nitrogens with one attached hydrogen (secondary N) is 3. The number of rotatable bonds is 7. The van der Waals surface area contributed by atoms with Gasteiger partial charge in [-0.15, -0.1) is 0 Å². The van der Waals surface area contributed by atoms with Gasteiger partial charge in [0, 0.05) is 19.1 Å². The highest BCUT2D eigenvalue weighted by Gasteiger charge is 2.40. The summed E-state index contributed by atoms with van der Waals surface area (Å²) in [6.45, 7) is 5.60. The molecular formula is C29H32F5N7O4S. The van der Waals surface area contributed by atoms with Crippen molar-refractivity contribution in [1.29, 1.82) is 0 Å². The van der Waals surface area contributed by atoms with Gasteiger partial charge in [0.15, 0.2) is 11.5 Å². The lowest BCUT2D eigenvalue weighted by atomic mass is 10.1. The van der Waals surface area contributed by atoms with Crippen molar-refractivity contribution in [1.82, 2.24) is 20.1 Å². The molecular weight excluding hydrogens is 637 g/mol. The number of nitrogens with zero attached hydrogens (tertiary/aromatic N) is 4. The normalized spacial score (nSPS) is 17.3. The van der Waals surface area contributed by atoms with Crippen LogP contribution >= 0.6 is 11.3 Å². The van der Waals surface area contributed by atoms with Crippen LogP contribution in [0.1, 0.15) is 69.4 Å². The Hall–Kier alpha value is -4.28. The Labute approximate surface area is 264 Å². The van der Waals surface area contributed by atoms with Crippen molar-refractivity contribution in [3.05, 3.63) is 41.7 Å². The van der Waals surface area contributed by atoms with Gasteiger partial charge in [-0.2, -0.15) is 18.3 Å². The summed E-state index contributed by atoms with van der Waals surface area (Å²) in [6.07, 6.45) is -1.78. The number of benzene rings is 1. The molecule has 0 radical (unpaired) electrons. The van der Waals surface area contributed by atoms with Crippen molar-refractivity contribution in [2.75, 3.05) is 28.6 Å². The maximum Gasteiger partial charge on any atom is 0.471 e. The first kappa shape index (κ1) is 33.1. The Morgan fingerprint density at radius 1 is 1.00 bits per heavy atom. The van der Waals surface area contributed by atoms with E-state index < -0.39 is 52.9 Å². The van der Waals surface area contributed by atoms with E-state index in [2.05, 4.69) is 26.0 Å². The number of hydrogen-bond acceptors (Lipinski definition) is 8. The van der Waals surface area contributed by atoms with Gasteiger partial charge in [0.2, 0.25) is 0 Å². The van der Waals surface area contributed by atoms with Gasteiger partial charge in [0.05, 0.1) is 17.8 Å². The molecule has 1 saturated heterocycles. The van der Waals surface area contributed by atoms with Crippen LogP contribution < -0.4 is 20.9 Å². The van der Waals surface area contributed by atoms with Gasteiger partial charge in [-0.05, 0) is 65.0 Å². The highest BCUT2D eigenvalue weighted by molar-refractivity contribution is 7.19. The van der Waals surface area contributed by atoms with Crippen LogP contribution in [-0.4, -0.2) is 63.6 Å². The van der Waals surface area contributed by atoms with Gasteiger partial charge < -0.3 is 20.3 Å². The second-order valence-corrected chi connectivity index (χ2v) is 13.0. The van der Waals surface area contributed by atoms with Gasteiger partial charge in [0.25, 0.3) is 5.91 Å². The van der Waals surface area contributed by atoms with E-state index in [4.69, 9.17) is 4.74 Å². The largest absolute Gasteiger partial charge is 0.471 e. The van der Waals surface area contributed by atoms with E-state index in [9.17, 15) is 36.3 Å². The molecule has 2 aromatic heterocycles. The molecule has 3 aromatic rings. The van der Waals surface area contributed by atoms with Crippen molar-refractivity contribution in [2.24, 2.45) is 0 Å². The molecule has 11 nitrogen and oxygen atoms in total. The molecule has 0 bridgehead atoms. The van der Waals surface area contributed by atoms with Gasteiger partial charge in [-0.3, -0.25) is 14.9 Å². The average Bonchev–Trinajstić information content (AvgIpc) is 3.64. The average molecular weight is 670 g/mol. The lowest BCUT2D eigenvalue weighted by Gasteiger charge is -2.25. The molecule has 248 valence electrons. The van der Waals surface area contributed by atoms with E-state index in [0.717, 1.165) is 25.0 Å². The first-order valence-electron chi connectivity index (χ1n) is 14.6. The fourth-order valence-electron chi connectivity index (χ4n) is 5.01. The summed E-state index contributed by atoms with van der Waals surface area (Å²) in [4.78, 5) is 44.0. The van der Waals surface area contributed by atoms with Gasteiger partial charge in [-0.1, -0.05) is 17.4 Å². The number of amides is 3. The Morgan fingerprint density at radius 3 is 2.33 bits per heavy atom. The monoisotopic (exact) mass is 669 g/mol.